The fourth-order valence-electron chi connectivity index (χ4n) is 2.95. The van der Waals surface area contributed by atoms with Crippen molar-refractivity contribution < 1.29 is 0 Å². The summed E-state index contributed by atoms with van der Waals surface area (Å²) in [6.07, 6.45) is 17.2. The van der Waals surface area contributed by atoms with Crippen LogP contribution in [0.5, 0.6) is 0 Å². The first kappa shape index (κ1) is 21.0. The molecule has 0 aromatic carbocycles. The first-order valence-corrected chi connectivity index (χ1v) is 9.91. The molecule has 0 aliphatic rings. The summed E-state index contributed by atoms with van der Waals surface area (Å²) in [5.41, 5.74) is 0. The van der Waals surface area contributed by atoms with Crippen LogP contribution in [-0.4, -0.2) is 13.1 Å². The Labute approximate surface area is 135 Å². The molecule has 1 N–H and O–H groups in total. The van der Waals surface area contributed by atoms with Gasteiger partial charge in [0.1, 0.15) is 0 Å². The minimum Gasteiger partial charge on any atom is -0.316 e. The molecule has 0 bridgehead atoms. The summed E-state index contributed by atoms with van der Waals surface area (Å²) in [5, 5.41) is 3.62. The Morgan fingerprint density at radius 1 is 0.667 bits per heavy atom. The van der Waals surface area contributed by atoms with E-state index in [0.29, 0.717) is 0 Å². The first-order chi connectivity index (χ1) is 10.2. The SMILES string of the molecule is CCCCCCCCCCCCC(CC)CNCC(C)C. The zero-order valence-corrected chi connectivity index (χ0v) is 15.6. The molecule has 0 radical (unpaired) electrons. The Hall–Kier alpha value is -0.0400. The van der Waals surface area contributed by atoms with Crippen molar-refractivity contribution in [3.05, 3.63) is 0 Å². The molecule has 1 nitrogen and oxygen atoms in total. The largest absolute Gasteiger partial charge is 0.316 e. The summed E-state index contributed by atoms with van der Waals surface area (Å²) in [4.78, 5) is 0. The lowest BCUT2D eigenvalue weighted by Crippen LogP contribution is -2.26. The molecule has 0 aliphatic carbocycles. The zero-order valence-electron chi connectivity index (χ0n) is 15.6. The summed E-state index contributed by atoms with van der Waals surface area (Å²) < 4.78 is 0. The number of unbranched alkanes of at least 4 members (excludes halogenated alkanes) is 9. The van der Waals surface area contributed by atoms with E-state index < -0.39 is 0 Å². The van der Waals surface area contributed by atoms with Gasteiger partial charge in [0.25, 0.3) is 0 Å². The summed E-state index contributed by atoms with van der Waals surface area (Å²) in [6, 6.07) is 0. The molecule has 0 saturated carbocycles. The average Bonchev–Trinajstić information content (AvgIpc) is 2.47. The molecule has 0 aliphatic heterocycles. The fraction of sp³-hybridized carbons (Fsp3) is 1.00. The summed E-state index contributed by atoms with van der Waals surface area (Å²) in [7, 11) is 0. The van der Waals surface area contributed by atoms with E-state index in [1.807, 2.05) is 0 Å². The van der Waals surface area contributed by atoms with Crippen molar-refractivity contribution in [3.8, 4) is 0 Å². The van der Waals surface area contributed by atoms with Gasteiger partial charge in [-0.3, -0.25) is 0 Å². The lowest BCUT2D eigenvalue weighted by atomic mass is 9.97. The highest BCUT2D eigenvalue weighted by Gasteiger charge is 2.05. The maximum Gasteiger partial charge on any atom is -0.00205 e. The van der Waals surface area contributed by atoms with Gasteiger partial charge in [0.05, 0.1) is 0 Å². The van der Waals surface area contributed by atoms with E-state index >= 15 is 0 Å². The van der Waals surface area contributed by atoms with Crippen LogP contribution in [0.25, 0.3) is 0 Å². The minimum atomic E-state index is 0.778. The molecule has 0 aromatic heterocycles. The van der Waals surface area contributed by atoms with Gasteiger partial charge in [0, 0.05) is 0 Å². The third kappa shape index (κ3) is 16.2. The molecule has 0 heterocycles. The maximum atomic E-state index is 3.62. The summed E-state index contributed by atoms with van der Waals surface area (Å²) in [6.45, 7) is 11.6. The second kappa shape index (κ2) is 16.3. The van der Waals surface area contributed by atoms with Crippen molar-refractivity contribution in [2.75, 3.05) is 13.1 Å². The molecule has 21 heavy (non-hydrogen) atoms. The number of hydrogen-bond donors (Lipinski definition) is 1. The molecule has 0 saturated heterocycles. The van der Waals surface area contributed by atoms with Gasteiger partial charge in [-0.05, 0) is 31.3 Å². The molecule has 0 spiro atoms. The lowest BCUT2D eigenvalue weighted by molar-refractivity contribution is 0.398. The molecular formula is C20H43N. The third-order valence-electron chi connectivity index (χ3n) is 4.53. The fourth-order valence-corrected chi connectivity index (χ4v) is 2.95. The molecular weight excluding hydrogens is 254 g/mol. The summed E-state index contributed by atoms with van der Waals surface area (Å²) >= 11 is 0. The Morgan fingerprint density at radius 3 is 1.67 bits per heavy atom. The topological polar surface area (TPSA) is 12.0 Å². The Balaban J connectivity index is 3.27. The number of nitrogens with one attached hydrogen (secondary N) is 1. The quantitative estimate of drug-likeness (QED) is 0.318. The Morgan fingerprint density at radius 2 is 1.19 bits per heavy atom. The van der Waals surface area contributed by atoms with E-state index in [-0.39, 0.29) is 0 Å². The predicted molar refractivity (Wildman–Crippen MR) is 97.9 cm³/mol. The van der Waals surface area contributed by atoms with Gasteiger partial charge in [-0.25, -0.2) is 0 Å². The van der Waals surface area contributed by atoms with Crippen LogP contribution in [0, 0.1) is 11.8 Å². The minimum absolute atomic E-state index is 0.778. The second-order valence-corrected chi connectivity index (χ2v) is 7.30. The molecule has 0 rings (SSSR count). The maximum absolute atomic E-state index is 3.62. The zero-order chi connectivity index (χ0) is 15.8. The van der Waals surface area contributed by atoms with Gasteiger partial charge in [-0.2, -0.15) is 0 Å². The second-order valence-electron chi connectivity index (χ2n) is 7.30. The molecule has 128 valence electrons. The van der Waals surface area contributed by atoms with Gasteiger partial charge in [-0.1, -0.05) is 98.3 Å². The monoisotopic (exact) mass is 297 g/mol. The van der Waals surface area contributed by atoms with Crippen LogP contribution in [0.2, 0.25) is 0 Å². The highest BCUT2D eigenvalue weighted by molar-refractivity contribution is 4.62. The van der Waals surface area contributed by atoms with Gasteiger partial charge >= 0.3 is 0 Å². The highest BCUT2D eigenvalue weighted by atomic mass is 14.9. The van der Waals surface area contributed by atoms with Crippen molar-refractivity contribution in [1.82, 2.24) is 5.32 Å². The standard InChI is InChI=1S/C20H43N/c1-5-7-8-9-10-11-12-13-14-15-16-20(6-2)18-21-17-19(3)4/h19-21H,5-18H2,1-4H3. The van der Waals surface area contributed by atoms with Crippen LogP contribution < -0.4 is 5.32 Å². The number of hydrogen-bond acceptors (Lipinski definition) is 1. The highest BCUT2D eigenvalue weighted by Crippen LogP contribution is 2.15. The molecule has 0 aromatic rings. The lowest BCUT2D eigenvalue weighted by Gasteiger charge is -2.16. The van der Waals surface area contributed by atoms with E-state index in [9.17, 15) is 0 Å². The van der Waals surface area contributed by atoms with E-state index in [2.05, 4.69) is 33.0 Å². The van der Waals surface area contributed by atoms with Crippen LogP contribution in [0.1, 0.15) is 105 Å². The smallest absolute Gasteiger partial charge is 0.00205 e. The van der Waals surface area contributed by atoms with Crippen molar-refractivity contribution in [1.29, 1.82) is 0 Å². The molecule has 1 atom stereocenters. The molecule has 0 amide bonds. The van der Waals surface area contributed by atoms with Crippen molar-refractivity contribution >= 4 is 0 Å². The van der Waals surface area contributed by atoms with Gasteiger partial charge < -0.3 is 5.32 Å². The van der Waals surface area contributed by atoms with Crippen molar-refractivity contribution in [2.24, 2.45) is 11.8 Å². The Bertz CT molecular complexity index is 188. The molecule has 1 unspecified atom stereocenters. The van der Waals surface area contributed by atoms with Crippen LogP contribution in [0.15, 0.2) is 0 Å². The van der Waals surface area contributed by atoms with Crippen molar-refractivity contribution in [3.63, 3.8) is 0 Å². The van der Waals surface area contributed by atoms with E-state index in [0.717, 1.165) is 11.8 Å². The predicted octanol–water partition coefficient (Wildman–Crippen LogP) is 6.57. The molecule has 0 fully saturated rings. The normalized spacial score (nSPS) is 13.0. The average molecular weight is 298 g/mol. The van der Waals surface area contributed by atoms with Crippen LogP contribution >= 0.6 is 0 Å². The van der Waals surface area contributed by atoms with Gasteiger partial charge in [0.15, 0.2) is 0 Å². The van der Waals surface area contributed by atoms with Gasteiger partial charge in [0.2, 0.25) is 0 Å². The third-order valence-corrected chi connectivity index (χ3v) is 4.53. The summed E-state index contributed by atoms with van der Waals surface area (Å²) in [5.74, 6) is 1.68. The van der Waals surface area contributed by atoms with Crippen LogP contribution in [-0.2, 0) is 0 Å². The van der Waals surface area contributed by atoms with Crippen LogP contribution in [0.3, 0.4) is 0 Å². The number of rotatable bonds is 16. The van der Waals surface area contributed by atoms with E-state index in [4.69, 9.17) is 0 Å². The van der Waals surface area contributed by atoms with Crippen LogP contribution in [0.4, 0.5) is 0 Å². The Kier molecular flexibility index (Phi) is 16.3. The van der Waals surface area contributed by atoms with Gasteiger partial charge in [-0.15, -0.1) is 0 Å². The van der Waals surface area contributed by atoms with Crippen molar-refractivity contribution in [2.45, 2.75) is 105 Å². The molecule has 1 heteroatoms. The van der Waals surface area contributed by atoms with E-state index in [1.165, 1.54) is 90.1 Å². The van der Waals surface area contributed by atoms with E-state index in [1.54, 1.807) is 0 Å². The first-order valence-electron chi connectivity index (χ1n) is 9.91.